The highest BCUT2D eigenvalue weighted by Crippen LogP contribution is 2.28. The van der Waals surface area contributed by atoms with Gasteiger partial charge in [0.2, 0.25) is 0 Å². The molecule has 0 amide bonds. The molecule has 2 N–H and O–H groups in total. The molecule has 0 fully saturated rings. The van der Waals surface area contributed by atoms with Gasteiger partial charge in [-0.1, -0.05) is 17.7 Å². The number of rotatable bonds is 3. The number of aryl methyl sites for hydroxylation is 2. The Bertz CT molecular complexity index is 646. The number of nitrogens with zero attached hydrogens (tertiary/aromatic N) is 1. The maximum Gasteiger partial charge on any atom is 0.125 e. The summed E-state index contributed by atoms with van der Waals surface area (Å²) in [6.07, 6.45) is 0. The van der Waals surface area contributed by atoms with E-state index in [-0.39, 0.29) is 0 Å². The van der Waals surface area contributed by atoms with Gasteiger partial charge >= 0.3 is 0 Å². The minimum Gasteiger partial charge on any atom is -0.488 e. The molecule has 0 atom stereocenters. The van der Waals surface area contributed by atoms with E-state index in [1.165, 1.54) is 0 Å². The fourth-order valence-electron chi connectivity index (χ4n) is 2.11. The van der Waals surface area contributed by atoms with E-state index in [0.29, 0.717) is 22.9 Å². The van der Waals surface area contributed by atoms with Crippen LogP contribution in [0.5, 0.6) is 5.75 Å². The van der Waals surface area contributed by atoms with Gasteiger partial charge in [-0.05, 0) is 49.2 Å². The van der Waals surface area contributed by atoms with Crippen LogP contribution in [-0.4, -0.2) is 0 Å². The Kier molecular flexibility index (Phi) is 4.16. The second kappa shape index (κ2) is 5.85. The molecule has 0 bridgehead atoms. The Labute approximate surface area is 123 Å². The van der Waals surface area contributed by atoms with E-state index in [0.717, 1.165) is 22.4 Å². The first-order valence-corrected chi connectivity index (χ1v) is 6.57. The lowest BCUT2D eigenvalue weighted by molar-refractivity contribution is 0.302. The van der Waals surface area contributed by atoms with Crippen molar-refractivity contribution in [2.75, 3.05) is 5.73 Å². The molecular formula is C16H15ClN2O. The maximum atomic E-state index is 8.93. The monoisotopic (exact) mass is 286 g/mol. The molecule has 0 aliphatic carbocycles. The summed E-state index contributed by atoms with van der Waals surface area (Å²) < 4.78 is 5.84. The number of halogens is 1. The maximum absolute atomic E-state index is 8.93. The summed E-state index contributed by atoms with van der Waals surface area (Å²) >= 11 is 6.12. The lowest BCUT2D eigenvalue weighted by atomic mass is 10.1. The summed E-state index contributed by atoms with van der Waals surface area (Å²) in [5.41, 5.74) is 9.76. The van der Waals surface area contributed by atoms with Gasteiger partial charge in [-0.25, -0.2) is 0 Å². The fraction of sp³-hybridized carbons (Fsp3) is 0.188. The van der Waals surface area contributed by atoms with Crippen molar-refractivity contribution in [3.8, 4) is 11.8 Å². The predicted molar refractivity (Wildman–Crippen MR) is 80.8 cm³/mol. The van der Waals surface area contributed by atoms with E-state index >= 15 is 0 Å². The number of hydrogen-bond donors (Lipinski definition) is 1. The third kappa shape index (κ3) is 2.87. The standard InChI is InChI=1S/C16H15ClN2O/c1-10-6-12(8-18)7-11(2)16(10)20-9-13-14(17)4-3-5-15(13)19/h3-7H,9,19H2,1-2H3. The lowest BCUT2D eigenvalue weighted by Crippen LogP contribution is -2.03. The molecule has 2 aromatic carbocycles. The number of benzene rings is 2. The largest absolute Gasteiger partial charge is 0.488 e. The number of nitrogen functional groups attached to an aromatic ring is 1. The van der Waals surface area contributed by atoms with Gasteiger partial charge < -0.3 is 10.5 Å². The summed E-state index contributed by atoms with van der Waals surface area (Å²) in [7, 11) is 0. The van der Waals surface area contributed by atoms with Crippen LogP contribution in [0.2, 0.25) is 5.02 Å². The molecule has 4 heteroatoms. The molecule has 0 aromatic heterocycles. The predicted octanol–water partition coefficient (Wildman–Crippen LogP) is 3.99. The van der Waals surface area contributed by atoms with Crippen molar-refractivity contribution in [2.24, 2.45) is 0 Å². The average Bonchev–Trinajstić information content (AvgIpc) is 2.40. The summed E-state index contributed by atoms with van der Waals surface area (Å²) in [6, 6.07) is 11.1. The zero-order valence-corrected chi connectivity index (χ0v) is 12.2. The van der Waals surface area contributed by atoms with Gasteiger partial charge in [-0.15, -0.1) is 0 Å². The second-order valence-corrected chi connectivity index (χ2v) is 5.05. The highest BCUT2D eigenvalue weighted by atomic mass is 35.5. The van der Waals surface area contributed by atoms with Crippen LogP contribution in [0.3, 0.4) is 0 Å². The van der Waals surface area contributed by atoms with E-state index < -0.39 is 0 Å². The molecule has 20 heavy (non-hydrogen) atoms. The number of hydrogen-bond acceptors (Lipinski definition) is 3. The molecule has 0 radical (unpaired) electrons. The van der Waals surface area contributed by atoms with Crippen LogP contribution in [0.1, 0.15) is 22.3 Å². The summed E-state index contributed by atoms with van der Waals surface area (Å²) in [5, 5.41) is 9.52. The van der Waals surface area contributed by atoms with Crippen molar-refractivity contribution < 1.29 is 4.74 Å². The molecular weight excluding hydrogens is 272 g/mol. The summed E-state index contributed by atoms with van der Waals surface area (Å²) in [5.74, 6) is 0.767. The highest BCUT2D eigenvalue weighted by Gasteiger charge is 2.10. The highest BCUT2D eigenvalue weighted by molar-refractivity contribution is 6.31. The molecule has 0 saturated heterocycles. The number of nitriles is 1. The Hall–Kier alpha value is -2.18. The van der Waals surface area contributed by atoms with Crippen LogP contribution in [0, 0.1) is 25.2 Å². The van der Waals surface area contributed by atoms with Gasteiger partial charge in [0.15, 0.2) is 0 Å². The van der Waals surface area contributed by atoms with E-state index in [1.54, 1.807) is 30.3 Å². The van der Waals surface area contributed by atoms with Gasteiger partial charge in [0, 0.05) is 16.3 Å². The zero-order chi connectivity index (χ0) is 14.7. The Balaban J connectivity index is 2.26. The smallest absolute Gasteiger partial charge is 0.125 e. The first-order valence-electron chi connectivity index (χ1n) is 6.20. The van der Waals surface area contributed by atoms with Crippen molar-refractivity contribution in [2.45, 2.75) is 20.5 Å². The molecule has 0 saturated carbocycles. The normalized spacial score (nSPS) is 10.1. The topological polar surface area (TPSA) is 59.0 Å². The number of nitrogens with two attached hydrogens (primary N) is 1. The van der Waals surface area contributed by atoms with Gasteiger partial charge in [-0.2, -0.15) is 5.26 Å². The van der Waals surface area contributed by atoms with E-state index in [1.807, 2.05) is 13.8 Å². The van der Waals surface area contributed by atoms with E-state index in [2.05, 4.69) is 6.07 Å². The quantitative estimate of drug-likeness (QED) is 0.868. The molecule has 102 valence electrons. The van der Waals surface area contributed by atoms with Crippen LogP contribution in [0.25, 0.3) is 0 Å². The molecule has 0 spiro atoms. The van der Waals surface area contributed by atoms with Gasteiger partial charge in [0.25, 0.3) is 0 Å². The van der Waals surface area contributed by atoms with Crippen molar-refractivity contribution in [3.05, 3.63) is 57.6 Å². The van der Waals surface area contributed by atoms with Crippen molar-refractivity contribution in [3.63, 3.8) is 0 Å². The van der Waals surface area contributed by atoms with Crippen LogP contribution in [0.4, 0.5) is 5.69 Å². The first kappa shape index (κ1) is 14.2. The minimum absolute atomic E-state index is 0.305. The van der Waals surface area contributed by atoms with Crippen molar-refractivity contribution in [1.82, 2.24) is 0 Å². The van der Waals surface area contributed by atoms with Crippen molar-refractivity contribution >= 4 is 17.3 Å². The van der Waals surface area contributed by atoms with Gasteiger partial charge in [-0.3, -0.25) is 0 Å². The third-order valence-corrected chi connectivity index (χ3v) is 3.46. The van der Waals surface area contributed by atoms with Gasteiger partial charge in [0.1, 0.15) is 12.4 Å². The third-order valence-electron chi connectivity index (χ3n) is 3.11. The minimum atomic E-state index is 0.305. The summed E-state index contributed by atoms with van der Waals surface area (Å²) in [6.45, 7) is 4.14. The molecule has 3 nitrogen and oxygen atoms in total. The van der Waals surface area contributed by atoms with Crippen LogP contribution in [0.15, 0.2) is 30.3 Å². The lowest BCUT2D eigenvalue weighted by Gasteiger charge is -2.14. The van der Waals surface area contributed by atoms with E-state index in [4.69, 9.17) is 27.3 Å². The molecule has 2 rings (SSSR count). The summed E-state index contributed by atoms with van der Waals surface area (Å²) in [4.78, 5) is 0. The molecule has 0 heterocycles. The Morgan fingerprint density at radius 2 is 1.90 bits per heavy atom. The zero-order valence-electron chi connectivity index (χ0n) is 11.4. The van der Waals surface area contributed by atoms with E-state index in [9.17, 15) is 0 Å². The van der Waals surface area contributed by atoms with Crippen molar-refractivity contribution in [1.29, 1.82) is 5.26 Å². The SMILES string of the molecule is Cc1cc(C#N)cc(C)c1OCc1c(N)cccc1Cl. The number of ether oxygens (including phenoxy) is 1. The van der Waals surface area contributed by atoms with Crippen LogP contribution >= 0.6 is 11.6 Å². The first-order chi connectivity index (χ1) is 9.52. The molecule has 0 unspecified atom stereocenters. The number of anilines is 1. The Morgan fingerprint density at radius 3 is 2.45 bits per heavy atom. The fourth-order valence-corrected chi connectivity index (χ4v) is 2.35. The molecule has 0 aliphatic rings. The van der Waals surface area contributed by atoms with Gasteiger partial charge in [0.05, 0.1) is 11.6 Å². The van der Waals surface area contributed by atoms with Crippen LogP contribution < -0.4 is 10.5 Å². The Morgan fingerprint density at radius 1 is 1.25 bits per heavy atom. The van der Waals surface area contributed by atoms with Crippen LogP contribution in [-0.2, 0) is 6.61 Å². The molecule has 2 aromatic rings. The average molecular weight is 287 g/mol. The second-order valence-electron chi connectivity index (χ2n) is 4.65. The molecule has 0 aliphatic heterocycles.